The zero-order valence-electron chi connectivity index (χ0n) is 12.3. The summed E-state index contributed by atoms with van der Waals surface area (Å²) in [6, 6.07) is 5.14. The van der Waals surface area contributed by atoms with Gasteiger partial charge in [0.1, 0.15) is 5.75 Å². The topological polar surface area (TPSA) is 58.6 Å². The maximum atomic E-state index is 11.9. The fourth-order valence-electron chi connectivity index (χ4n) is 1.58. The number of rotatable bonds is 6. The Bertz CT molecular complexity index is 462. The summed E-state index contributed by atoms with van der Waals surface area (Å²) in [5.74, 6) is 0.262. The first kappa shape index (κ1) is 16.8. The Hall–Kier alpha value is -1.26. The molecule has 112 valence electrons. The van der Waals surface area contributed by atoms with Crippen LogP contribution < -0.4 is 10.1 Å². The molecule has 4 nitrogen and oxygen atoms in total. The number of nitrogens with one attached hydrogen (secondary N) is 1. The molecule has 0 aliphatic heterocycles. The van der Waals surface area contributed by atoms with Crippen molar-refractivity contribution in [2.24, 2.45) is 0 Å². The van der Waals surface area contributed by atoms with Gasteiger partial charge in [-0.1, -0.05) is 24.6 Å². The van der Waals surface area contributed by atoms with Gasteiger partial charge in [-0.15, -0.1) is 0 Å². The van der Waals surface area contributed by atoms with Gasteiger partial charge < -0.3 is 15.2 Å². The SMILES string of the molecule is CCC(C)NC(=O)C(C)Oc1ccc([C@H](C)O)cc1Cl. The van der Waals surface area contributed by atoms with E-state index in [9.17, 15) is 9.90 Å². The van der Waals surface area contributed by atoms with Gasteiger partial charge in [0.25, 0.3) is 5.91 Å². The van der Waals surface area contributed by atoms with Gasteiger partial charge in [0.15, 0.2) is 6.10 Å². The minimum Gasteiger partial charge on any atom is -0.479 e. The van der Waals surface area contributed by atoms with Gasteiger partial charge in [-0.2, -0.15) is 0 Å². The molecule has 1 amide bonds. The third-order valence-corrected chi connectivity index (χ3v) is 3.41. The molecule has 0 fully saturated rings. The minimum atomic E-state index is -0.626. The van der Waals surface area contributed by atoms with Gasteiger partial charge in [-0.25, -0.2) is 0 Å². The highest BCUT2D eigenvalue weighted by Gasteiger charge is 2.17. The summed E-state index contributed by atoms with van der Waals surface area (Å²) >= 11 is 6.09. The van der Waals surface area contributed by atoms with Crippen molar-refractivity contribution in [1.82, 2.24) is 5.32 Å². The smallest absolute Gasteiger partial charge is 0.260 e. The minimum absolute atomic E-state index is 0.113. The van der Waals surface area contributed by atoms with Crippen LogP contribution in [-0.2, 0) is 4.79 Å². The van der Waals surface area contributed by atoms with Crippen LogP contribution in [0, 0.1) is 0 Å². The first-order valence-corrected chi connectivity index (χ1v) is 7.17. The Morgan fingerprint density at radius 2 is 2.05 bits per heavy atom. The highest BCUT2D eigenvalue weighted by molar-refractivity contribution is 6.32. The number of carbonyl (C=O) groups excluding carboxylic acids is 1. The van der Waals surface area contributed by atoms with Crippen molar-refractivity contribution in [3.8, 4) is 5.75 Å². The lowest BCUT2D eigenvalue weighted by Gasteiger charge is -2.18. The predicted molar refractivity (Wildman–Crippen MR) is 80.1 cm³/mol. The summed E-state index contributed by atoms with van der Waals surface area (Å²) in [7, 11) is 0. The van der Waals surface area contributed by atoms with Crippen LogP contribution in [0.1, 0.15) is 45.8 Å². The summed E-state index contributed by atoms with van der Waals surface area (Å²) in [5.41, 5.74) is 0.707. The first-order chi connectivity index (χ1) is 9.35. The average Bonchev–Trinajstić information content (AvgIpc) is 2.40. The van der Waals surface area contributed by atoms with E-state index in [0.717, 1.165) is 6.42 Å². The molecule has 0 bridgehead atoms. The van der Waals surface area contributed by atoms with Crippen LogP contribution in [-0.4, -0.2) is 23.2 Å². The highest BCUT2D eigenvalue weighted by atomic mass is 35.5. The van der Waals surface area contributed by atoms with Gasteiger partial charge >= 0.3 is 0 Å². The van der Waals surface area contributed by atoms with Crippen molar-refractivity contribution in [2.75, 3.05) is 0 Å². The second-order valence-corrected chi connectivity index (χ2v) is 5.35. The molecule has 0 aliphatic rings. The van der Waals surface area contributed by atoms with Crippen LogP contribution >= 0.6 is 11.6 Å². The number of hydrogen-bond donors (Lipinski definition) is 2. The summed E-state index contributed by atoms with van der Waals surface area (Å²) in [5, 5.41) is 12.7. The summed E-state index contributed by atoms with van der Waals surface area (Å²) in [6.07, 6.45) is -0.353. The third-order valence-electron chi connectivity index (χ3n) is 3.11. The lowest BCUT2D eigenvalue weighted by atomic mass is 10.1. The van der Waals surface area contributed by atoms with Crippen molar-refractivity contribution in [1.29, 1.82) is 0 Å². The standard InChI is InChI=1S/C15H22ClNO3/c1-5-9(2)17-15(19)11(4)20-14-7-6-12(10(3)18)8-13(14)16/h6-11,18H,5H2,1-4H3,(H,17,19)/t9?,10-,11?/m0/s1. The first-order valence-electron chi connectivity index (χ1n) is 6.79. The number of benzene rings is 1. The van der Waals surface area contributed by atoms with E-state index in [1.54, 1.807) is 32.0 Å². The number of carbonyl (C=O) groups is 1. The molecule has 1 aromatic carbocycles. The molecule has 0 radical (unpaired) electrons. The lowest BCUT2D eigenvalue weighted by Crippen LogP contribution is -2.41. The largest absolute Gasteiger partial charge is 0.479 e. The number of aliphatic hydroxyl groups excluding tert-OH is 1. The van der Waals surface area contributed by atoms with E-state index in [4.69, 9.17) is 16.3 Å². The Balaban J connectivity index is 2.71. The van der Waals surface area contributed by atoms with Crippen LogP contribution in [0.5, 0.6) is 5.75 Å². The van der Waals surface area contributed by atoms with Crippen molar-refractivity contribution in [3.05, 3.63) is 28.8 Å². The quantitative estimate of drug-likeness (QED) is 0.848. The van der Waals surface area contributed by atoms with Gasteiger partial charge in [-0.05, 0) is 44.9 Å². The zero-order valence-corrected chi connectivity index (χ0v) is 13.1. The van der Waals surface area contributed by atoms with Crippen LogP contribution in [0.2, 0.25) is 5.02 Å². The Labute approximate surface area is 125 Å². The molecular weight excluding hydrogens is 278 g/mol. The van der Waals surface area contributed by atoms with Crippen LogP contribution in [0.4, 0.5) is 0 Å². The number of aliphatic hydroxyl groups is 1. The molecule has 2 N–H and O–H groups in total. The van der Waals surface area contributed by atoms with Gasteiger partial charge in [0, 0.05) is 6.04 Å². The van der Waals surface area contributed by atoms with E-state index in [1.807, 2.05) is 13.8 Å². The number of hydrogen-bond acceptors (Lipinski definition) is 3. The highest BCUT2D eigenvalue weighted by Crippen LogP contribution is 2.28. The second-order valence-electron chi connectivity index (χ2n) is 4.94. The molecule has 1 aromatic rings. The summed E-state index contributed by atoms with van der Waals surface area (Å²) in [6.45, 7) is 7.28. The van der Waals surface area contributed by atoms with Gasteiger partial charge in [0.2, 0.25) is 0 Å². The fraction of sp³-hybridized carbons (Fsp3) is 0.533. The van der Waals surface area contributed by atoms with E-state index >= 15 is 0 Å². The van der Waals surface area contributed by atoms with Crippen molar-refractivity contribution >= 4 is 17.5 Å². The number of ether oxygens (including phenoxy) is 1. The van der Waals surface area contributed by atoms with E-state index in [-0.39, 0.29) is 11.9 Å². The van der Waals surface area contributed by atoms with Crippen LogP contribution in [0.3, 0.4) is 0 Å². The maximum absolute atomic E-state index is 11.9. The van der Waals surface area contributed by atoms with Gasteiger partial charge in [-0.3, -0.25) is 4.79 Å². The lowest BCUT2D eigenvalue weighted by molar-refractivity contribution is -0.127. The third kappa shape index (κ3) is 4.69. The fourth-order valence-corrected chi connectivity index (χ4v) is 1.81. The molecule has 0 saturated carbocycles. The van der Waals surface area contributed by atoms with E-state index in [2.05, 4.69) is 5.32 Å². The van der Waals surface area contributed by atoms with Crippen LogP contribution in [0.15, 0.2) is 18.2 Å². The van der Waals surface area contributed by atoms with Crippen molar-refractivity contribution in [2.45, 2.75) is 52.4 Å². The maximum Gasteiger partial charge on any atom is 0.260 e. The van der Waals surface area contributed by atoms with Gasteiger partial charge in [0.05, 0.1) is 11.1 Å². The molecule has 0 heterocycles. The summed E-state index contributed by atoms with van der Waals surface area (Å²) < 4.78 is 5.56. The van der Waals surface area contributed by atoms with E-state index in [1.165, 1.54) is 0 Å². The van der Waals surface area contributed by atoms with Crippen molar-refractivity contribution < 1.29 is 14.6 Å². The van der Waals surface area contributed by atoms with Crippen LogP contribution in [0.25, 0.3) is 0 Å². The zero-order chi connectivity index (χ0) is 15.3. The molecule has 0 aliphatic carbocycles. The predicted octanol–water partition coefficient (Wildman–Crippen LogP) is 3.08. The molecule has 20 heavy (non-hydrogen) atoms. The average molecular weight is 300 g/mol. The molecule has 2 unspecified atom stereocenters. The Kier molecular flexibility index (Phi) is 6.30. The summed E-state index contributed by atoms with van der Waals surface area (Å²) in [4.78, 5) is 11.9. The monoisotopic (exact) mass is 299 g/mol. The molecule has 5 heteroatoms. The number of amides is 1. The number of halogens is 1. The normalized spacial score (nSPS) is 15.3. The molecule has 0 saturated heterocycles. The molecule has 3 atom stereocenters. The molecule has 0 spiro atoms. The molecule has 1 rings (SSSR count). The second kappa shape index (κ2) is 7.50. The molecule has 0 aromatic heterocycles. The Morgan fingerprint density at radius 1 is 1.40 bits per heavy atom. The van der Waals surface area contributed by atoms with E-state index < -0.39 is 12.2 Å². The van der Waals surface area contributed by atoms with Crippen molar-refractivity contribution in [3.63, 3.8) is 0 Å². The molecular formula is C15H22ClNO3. The Morgan fingerprint density at radius 3 is 2.55 bits per heavy atom. The van der Waals surface area contributed by atoms with E-state index in [0.29, 0.717) is 16.3 Å².